The molecule has 0 atom stereocenters. The van der Waals surface area contributed by atoms with E-state index in [-0.39, 0.29) is 17.0 Å². The minimum absolute atomic E-state index is 0.0679. The summed E-state index contributed by atoms with van der Waals surface area (Å²) in [6, 6.07) is 0. The molecule has 1 saturated heterocycles. The molecule has 2 rings (SSSR count). The molecule has 1 aliphatic rings. The van der Waals surface area contributed by atoms with E-state index in [0.29, 0.717) is 11.0 Å². The van der Waals surface area contributed by atoms with Gasteiger partial charge in [0.25, 0.3) is 0 Å². The van der Waals surface area contributed by atoms with E-state index in [0.717, 1.165) is 0 Å². The molecule has 0 unspecified atom stereocenters. The fourth-order valence-corrected chi connectivity index (χ4v) is 2.19. The largest absolute Gasteiger partial charge is 0.492 e. The van der Waals surface area contributed by atoms with Gasteiger partial charge in [-0.3, -0.25) is 0 Å². The topological polar surface area (TPSA) is 64.5 Å². The van der Waals surface area contributed by atoms with Crippen LogP contribution in [0.1, 0.15) is 33.3 Å². The zero-order valence-corrected chi connectivity index (χ0v) is 13.9. The molecule has 0 amide bonds. The van der Waals surface area contributed by atoms with E-state index in [1.165, 1.54) is 6.20 Å². The molecular formula is C13H17BCl2N2O3. The molecule has 21 heavy (non-hydrogen) atoms. The Balaban J connectivity index is 2.31. The third-order valence-electron chi connectivity index (χ3n) is 3.82. The van der Waals surface area contributed by atoms with Crippen LogP contribution in [0.4, 0.5) is 0 Å². The second-order valence-electron chi connectivity index (χ2n) is 5.85. The average Bonchev–Trinajstić information content (AvgIpc) is 2.57. The molecule has 0 spiro atoms. The Bertz CT molecular complexity index is 563. The molecule has 0 bridgehead atoms. The summed E-state index contributed by atoms with van der Waals surface area (Å²) in [4.78, 5) is 7.73. The first-order chi connectivity index (χ1) is 9.66. The zero-order chi connectivity index (χ0) is 15.8. The van der Waals surface area contributed by atoms with Crippen molar-refractivity contribution in [2.75, 3.05) is 6.61 Å². The van der Waals surface area contributed by atoms with Gasteiger partial charge in [0, 0.05) is 11.8 Å². The summed E-state index contributed by atoms with van der Waals surface area (Å²) >= 11 is 11.7. The van der Waals surface area contributed by atoms with Crippen LogP contribution in [0.2, 0.25) is 10.4 Å². The van der Waals surface area contributed by atoms with Gasteiger partial charge in [-0.25, -0.2) is 9.97 Å². The van der Waals surface area contributed by atoms with Crippen LogP contribution in [-0.4, -0.2) is 40.0 Å². The Morgan fingerprint density at radius 1 is 1.29 bits per heavy atom. The molecule has 1 aromatic rings. The second kappa shape index (κ2) is 5.86. The van der Waals surface area contributed by atoms with Crippen LogP contribution in [0.5, 0.6) is 0 Å². The van der Waals surface area contributed by atoms with Crippen molar-refractivity contribution in [1.82, 2.24) is 9.97 Å². The molecule has 0 aliphatic carbocycles. The number of aromatic nitrogens is 2. The highest BCUT2D eigenvalue weighted by atomic mass is 35.5. The van der Waals surface area contributed by atoms with Gasteiger partial charge < -0.3 is 14.4 Å². The molecule has 1 aliphatic heterocycles. The molecule has 1 aromatic heterocycles. The molecule has 8 heteroatoms. The number of halogens is 2. The highest BCUT2D eigenvalue weighted by Crippen LogP contribution is 2.38. The number of aliphatic hydroxyl groups excluding tert-OH is 1. The van der Waals surface area contributed by atoms with E-state index in [9.17, 15) is 5.11 Å². The second-order valence-corrected chi connectivity index (χ2v) is 6.55. The quantitative estimate of drug-likeness (QED) is 0.524. The van der Waals surface area contributed by atoms with E-state index >= 15 is 0 Å². The maximum absolute atomic E-state index is 9.60. The number of nitrogens with zero attached hydrogens (tertiary/aromatic N) is 2. The molecular weight excluding hydrogens is 314 g/mol. The standard InChI is InChI=1S/C13H17BCl2N2O3/c1-12(2)13(3,4)21-14(20-12)9(7-19)5-8-6-17-11(16)18-10(8)15/h5-6,19H,7H2,1-4H3. The zero-order valence-electron chi connectivity index (χ0n) is 12.4. The SMILES string of the molecule is CC1(C)OB(C(=Cc2cnc(Cl)nc2Cl)CO)OC1(C)C. The maximum atomic E-state index is 9.60. The van der Waals surface area contributed by atoms with Crippen LogP contribution in [0.15, 0.2) is 11.7 Å². The average molecular weight is 331 g/mol. The van der Waals surface area contributed by atoms with Gasteiger partial charge in [0.05, 0.1) is 17.8 Å². The summed E-state index contributed by atoms with van der Waals surface area (Å²) in [7, 11) is -0.647. The van der Waals surface area contributed by atoms with E-state index < -0.39 is 18.3 Å². The number of aliphatic hydroxyl groups is 1. The minimum Gasteiger partial charge on any atom is -0.400 e. The molecule has 114 valence electrons. The smallest absolute Gasteiger partial charge is 0.400 e. The third-order valence-corrected chi connectivity index (χ3v) is 4.30. The molecule has 0 radical (unpaired) electrons. The van der Waals surface area contributed by atoms with Crippen molar-refractivity contribution in [2.24, 2.45) is 0 Å². The van der Waals surface area contributed by atoms with Crippen LogP contribution < -0.4 is 0 Å². The number of rotatable bonds is 3. The molecule has 0 aromatic carbocycles. The van der Waals surface area contributed by atoms with Crippen molar-refractivity contribution in [3.05, 3.63) is 27.7 Å². The highest BCUT2D eigenvalue weighted by molar-refractivity contribution is 6.56. The van der Waals surface area contributed by atoms with Crippen LogP contribution in [-0.2, 0) is 9.31 Å². The molecule has 0 saturated carbocycles. The van der Waals surface area contributed by atoms with E-state index in [1.54, 1.807) is 6.08 Å². The van der Waals surface area contributed by atoms with Gasteiger partial charge in [-0.1, -0.05) is 17.7 Å². The summed E-state index contributed by atoms with van der Waals surface area (Å²) < 4.78 is 11.8. The van der Waals surface area contributed by atoms with Gasteiger partial charge in [-0.2, -0.15) is 0 Å². The fourth-order valence-electron chi connectivity index (χ4n) is 1.83. The summed E-state index contributed by atoms with van der Waals surface area (Å²) in [6.07, 6.45) is 3.14. The van der Waals surface area contributed by atoms with Gasteiger partial charge >= 0.3 is 7.12 Å². The third kappa shape index (κ3) is 3.40. The lowest BCUT2D eigenvalue weighted by atomic mass is 9.78. The summed E-state index contributed by atoms with van der Waals surface area (Å²) in [5.74, 6) is 0. The lowest BCUT2D eigenvalue weighted by Crippen LogP contribution is -2.41. The Hall–Kier alpha value is -0.655. The molecule has 1 fully saturated rings. The summed E-state index contributed by atoms with van der Waals surface area (Å²) in [5, 5.41) is 9.87. The normalized spacial score (nSPS) is 20.9. The first-order valence-corrected chi connectivity index (χ1v) is 7.27. The monoisotopic (exact) mass is 330 g/mol. The first-order valence-electron chi connectivity index (χ1n) is 6.51. The van der Waals surface area contributed by atoms with Crippen molar-refractivity contribution in [1.29, 1.82) is 0 Å². The van der Waals surface area contributed by atoms with Crippen molar-refractivity contribution in [3.63, 3.8) is 0 Å². The predicted octanol–water partition coefficient (Wildman–Crippen LogP) is 2.79. The summed E-state index contributed by atoms with van der Waals surface area (Å²) in [5.41, 5.74) is 0.125. The van der Waals surface area contributed by atoms with E-state index in [4.69, 9.17) is 32.5 Å². The van der Waals surface area contributed by atoms with E-state index in [2.05, 4.69) is 9.97 Å². The van der Waals surface area contributed by atoms with Crippen molar-refractivity contribution in [2.45, 2.75) is 38.9 Å². The first kappa shape index (κ1) is 16.7. The Labute approximate surface area is 134 Å². The van der Waals surface area contributed by atoms with Crippen LogP contribution in [0.3, 0.4) is 0 Å². The lowest BCUT2D eigenvalue weighted by molar-refractivity contribution is 0.00578. The molecule has 1 N–H and O–H groups in total. The Morgan fingerprint density at radius 2 is 1.86 bits per heavy atom. The fraction of sp³-hybridized carbons (Fsp3) is 0.538. The van der Waals surface area contributed by atoms with Gasteiger partial charge in [-0.15, -0.1) is 0 Å². The van der Waals surface area contributed by atoms with Crippen LogP contribution >= 0.6 is 23.2 Å². The Kier molecular flexibility index (Phi) is 4.66. The molecule has 5 nitrogen and oxygen atoms in total. The van der Waals surface area contributed by atoms with Crippen LogP contribution in [0.25, 0.3) is 6.08 Å². The van der Waals surface area contributed by atoms with Gasteiger partial charge in [0.15, 0.2) is 0 Å². The minimum atomic E-state index is -0.647. The lowest BCUT2D eigenvalue weighted by Gasteiger charge is -2.32. The number of hydrogen-bond acceptors (Lipinski definition) is 5. The van der Waals surface area contributed by atoms with Gasteiger partial charge in [0.2, 0.25) is 5.28 Å². The molecule has 2 heterocycles. The van der Waals surface area contributed by atoms with Gasteiger partial charge in [-0.05, 0) is 44.8 Å². The summed E-state index contributed by atoms with van der Waals surface area (Å²) in [6.45, 7) is 7.55. The van der Waals surface area contributed by atoms with Crippen molar-refractivity contribution >= 4 is 36.4 Å². The van der Waals surface area contributed by atoms with Crippen molar-refractivity contribution in [3.8, 4) is 0 Å². The highest BCUT2D eigenvalue weighted by Gasteiger charge is 2.52. The Morgan fingerprint density at radius 3 is 2.33 bits per heavy atom. The van der Waals surface area contributed by atoms with E-state index in [1.807, 2.05) is 27.7 Å². The van der Waals surface area contributed by atoms with Gasteiger partial charge in [0.1, 0.15) is 5.15 Å². The number of hydrogen-bond donors (Lipinski definition) is 1. The predicted molar refractivity (Wildman–Crippen MR) is 83.2 cm³/mol. The maximum Gasteiger partial charge on any atom is 0.492 e. The van der Waals surface area contributed by atoms with Crippen LogP contribution in [0, 0.1) is 0 Å². The van der Waals surface area contributed by atoms with Crippen molar-refractivity contribution < 1.29 is 14.4 Å².